The van der Waals surface area contributed by atoms with E-state index in [-0.39, 0.29) is 5.82 Å². The molecule has 13 heavy (non-hydrogen) atoms. The zero-order valence-electron chi connectivity index (χ0n) is 7.03. The van der Waals surface area contributed by atoms with E-state index in [1.54, 1.807) is 11.3 Å². The van der Waals surface area contributed by atoms with Gasteiger partial charge in [0, 0.05) is 0 Å². The minimum atomic E-state index is 0.169. The largest absolute Gasteiger partial charge is 0.142 e. The summed E-state index contributed by atoms with van der Waals surface area (Å²) in [6.45, 7) is 0. The minimum Gasteiger partial charge on any atom is -0.142 e. The molecule has 64 valence electrons. The molecule has 1 aromatic heterocycles. The Hall–Kier alpha value is -0.465. The molecule has 1 aromatic rings. The van der Waals surface area contributed by atoms with E-state index in [4.69, 9.17) is 19.4 Å². The number of halogens is 1. The third-order valence-electron chi connectivity index (χ3n) is 2.01. The fourth-order valence-electron chi connectivity index (χ4n) is 1.31. The highest BCUT2D eigenvalue weighted by atomic mass is 35.5. The van der Waals surface area contributed by atoms with Gasteiger partial charge in [0.25, 0.3) is 0 Å². The molecule has 1 heterocycles. The summed E-state index contributed by atoms with van der Waals surface area (Å²) in [6, 6.07) is 1.92. The summed E-state index contributed by atoms with van der Waals surface area (Å²) in [4.78, 5) is 1.14. The van der Waals surface area contributed by atoms with Gasteiger partial charge in [-0.3, -0.25) is 0 Å². The fraction of sp³-hybridized carbons (Fsp3) is 0.200. The van der Waals surface area contributed by atoms with E-state index in [0.717, 1.165) is 16.3 Å². The maximum atomic E-state index is 6.01. The van der Waals surface area contributed by atoms with Crippen LogP contribution in [0.2, 0.25) is 10.8 Å². The van der Waals surface area contributed by atoms with Gasteiger partial charge >= 0.3 is 0 Å². The molecule has 0 nitrogen and oxygen atoms in total. The van der Waals surface area contributed by atoms with E-state index in [2.05, 4.69) is 6.08 Å². The standard InChI is InChI=1S/C10H8BClS/c11-8-3-1-7(2-4-8)10-9(12)5-6-13-10/h1-3,5-6,8H,4H2. The molecule has 0 spiro atoms. The van der Waals surface area contributed by atoms with E-state index in [0.29, 0.717) is 0 Å². The monoisotopic (exact) mass is 206 g/mol. The van der Waals surface area contributed by atoms with Crippen LogP contribution in [0.4, 0.5) is 0 Å². The molecule has 0 bridgehead atoms. The van der Waals surface area contributed by atoms with Gasteiger partial charge in [0.1, 0.15) is 0 Å². The molecular formula is C10H8BClS. The highest BCUT2D eigenvalue weighted by molar-refractivity contribution is 7.11. The van der Waals surface area contributed by atoms with Crippen LogP contribution in [-0.2, 0) is 0 Å². The lowest BCUT2D eigenvalue weighted by Crippen LogP contribution is -1.91. The summed E-state index contributed by atoms with van der Waals surface area (Å²) < 4.78 is 0. The van der Waals surface area contributed by atoms with Gasteiger partial charge < -0.3 is 0 Å². The molecule has 1 atom stereocenters. The highest BCUT2D eigenvalue weighted by Crippen LogP contribution is 2.33. The fourth-order valence-corrected chi connectivity index (χ4v) is 2.49. The first kappa shape index (κ1) is 9.10. The van der Waals surface area contributed by atoms with Crippen molar-refractivity contribution in [2.24, 2.45) is 0 Å². The van der Waals surface area contributed by atoms with Gasteiger partial charge in [-0.25, -0.2) is 0 Å². The second-order valence-electron chi connectivity index (χ2n) is 3.02. The van der Waals surface area contributed by atoms with E-state index < -0.39 is 0 Å². The minimum absolute atomic E-state index is 0.169. The van der Waals surface area contributed by atoms with Crippen LogP contribution in [0.3, 0.4) is 0 Å². The number of hydrogen-bond donors (Lipinski definition) is 0. The maximum Gasteiger partial charge on any atom is 0.0759 e. The highest BCUT2D eigenvalue weighted by Gasteiger charge is 2.09. The lowest BCUT2D eigenvalue weighted by molar-refractivity contribution is 1.03. The SMILES string of the molecule is [B]C1C=CC(c2sccc2Cl)=CC1. The average molecular weight is 207 g/mol. The van der Waals surface area contributed by atoms with E-state index in [1.807, 2.05) is 23.6 Å². The van der Waals surface area contributed by atoms with Crippen molar-refractivity contribution in [3.8, 4) is 0 Å². The molecule has 1 aliphatic rings. The summed E-state index contributed by atoms with van der Waals surface area (Å²) in [6.07, 6.45) is 7.11. The summed E-state index contributed by atoms with van der Waals surface area (Å²) in [5.41, 5.74) is 1.20. The number of thiophene rings is 1. The molecule has 0 aromatic carbocycles. The van der Waals surface area contributed by atoms with Crippen LogP contribution < -0.4 is 0 Å². The van der Waals surface area contributed by atoms with Gasteiger partial charge in [-0.1, -0.05) is 35.6 Å². The Morgan fingerprint density at radius 3 is 2.92 bits per heavy atom. The number of hydrogen-bond acceptors (Lipinski definition) is 1. The quantitative estimate of drug-likeness (QED) is 0.615. The van der Waals surface area contributed by atoms with Crippen LogP contribution in [0.5, 0.6) is 0 Å². The summed E-state index contributed by atoms with van der Waals surface area (Å²) in [5, 5.41) is 2.83. The molecule has 1 aliphatic carbocycles. The topological polar surface area (TPSA) is 0 Å². The van der Waals surface area contributed by atoms with Crippen molar-refractivity contribution in [1.82, 2.24) is 0 Å². The normalized spacial score (nSPS) is 21.6. The number of rotatable bonds is 1. The average Bonchev–Trinajstić information content (AvgIpc) is 2.53. The molecule has 0 saturated heterocycles. The Morgan fingerprint density at radius 2 is 2.38 bits per heavy atom. The first-order valence-corrected chi connectivity index (χ1v) is 5.40. The summed E-state index contributed by atoms with van der Waals surface area (Å²) >= 11 is 7.68. The zero-order valence-corrected chi connectivity index (χ0v) is 8.61. The second-order valence-corrected chi connectivity index (χ2v) is 4.34. The van der Waals surface area contributed by atoms with Gasteiger partial charge in [0.15, 0.2) is 0 Å². The third-order valence-corrected chi connectivity index (χ3v) is 3.40. The van der Waals surface area contributed by atoms with E-state index in [1.165, 1.54) is 5.57 Å². The lowest BCUT2D eigenvalue weighted by Gasteiger charge is -2.10. The zero-order chi connectivity index (χ0) is 9.26. The van der Waals surface area contributed by atoms with Crippen LogP contribution in [0.25, 0.3) is 5.57 Å². The smallest absolute Gasteiger partial charge is 0.0759 e. The molecule has 0 amide bonds. The van der Waals surface area contributed by atoms with Gasteiger partial charge in [0.05, 0.1) is 17.7 Å². The molecule has 1 unspecified atom stereocenters. The molecule has 2 radical (unpaired) electrons. The van der Waals surface area contributed by atoms with E-state index >= 15 is 0 Å². The second kappa shape index (κ2) is 3.73. The number of allylic oxidation sites excluding steroid dienone is 4. The van der Waals surface area contributed by atoms with Crippen LogP contribution >= 0.6 is 22.9 Å². The van der Waals surface area contributed by atoms with Crippen molar-refractivity contribution < 1.29 is 0 Å². The Morgan fingerprint density at radius 1 is 1.54 bits per heavy atom. The molecular weight excluding hydrogens is 198 g/mol. The Kier molecular flexibility index (Phi) is 2.61. The van der Waals surface area contributed by atoms with Gasteiger partial charge in [-0.05, 0) is 23.4 Å². The van der Waals surface area contributed by atoms with E-state index in [9.17, 15) is 0 Å². The van der Waals surface area contributed by atoms with Crippen molar-refractivity contribution in [3.05, 3.63) is 39.6 Å². The molecule has 3 heteroatoms. The van der Waals surface area contributed by atoms with Gasteiger partial charge in [-0.2, -0.15) is 0 Å². The molecule has 0 saturated carbocycles. The molecule has 0 aliphatic heterocycles. The van der Waals surface area contributed by atoms with Crippen molar-refractivity contribution in [2.75, 3.05) is 0 Å². The van der Waals surface area contributed by atoms with Crippen LogP contribution in [0.15, 0.2) is 29.7 Å². The Balaban J connectivity index is 2.29. The maximum absolute atomic E-state index is 6.01. The van der Waals surface area contributed by atoms with Crippen molar-refractivity contribution in [1.29, 1.82) is 0 Å². The van der Waals surface area contributed by atoms with Crippen LogP contribution in [0, 0.1) is 0 Å². The Bertz CT molecular complexity index is 365. The molecule has 0 N–H and O–H groups in total. The predicted molar refractivity (Wildman–Crippen MR) is 60.6 cm³/mol. The van der Waals surface area contributed by atoms with Crippen LogP contribution in [0.1, 0.15) is 11.3 Å². The van der Waals surface area contributed by atoms with Crippen molar-refractivity contribution in [2.45, 2.75) is 12.2 Å². The van der Waals surface area contributed by atoms with Crippen molar-refractivity contribution in [3.63, 3.8) is 0 Å². The van der Waals surface area contributed by atoms with Crippen molar-refractivity contribution >= 4 is 36.4 Å². The summed E-state index contributed by atoms with van der Waals surface area (Å²) in [7, 11) is 5.73. The third kappa shape index (κ3) is 1.89. The summed E-state index contributed by atoms with van der Waals surface area (Å²) in [5.74, 6) is 0.169. The Labute approximate surface area is 88.3 Å². The van der Waals surface area contributed by atoms with Gasteiger partial charge in [-0.15, -0.1) is 11.3 Å². The molecule has 2 rings (SSSR count). The first-order valence-electron chi connectivity index (χ1n) is 4.14. The van der Waals surface area contributed by atoms with Crippen LogP contribution in [-0.4, -0.2) is 7.85 Å². The lowest BCUT2D eigenvalue weighted by atomic mass is 9.81. The first-order chi connectivity index (χ1) is 6.27. The molecule has 0 fully saturated rings. The van der Waals surface area contributed by atoms with Gasteiger partial charge in [0.2, 0.25) is 0 Å². The predicted octanol–water partition coefficient (Wildman–Crippen LogP) is 3.70.